The monoisotopic (exact) mass is 516 g/mol. The third-order valence-electron chi connectivity index (χ3n) is 6.92. The summed E-state index contributed by atoms with van der Waals surface area (Å²) in [5.74, 6) is 1.77. The van der Waals surface area contributed by atoms with E-state index in [0.29, 0.717) is 25.1 Å². The van der Waals surface area contributed by atoms with Gasteiger partial charge in [-0.1, -0.05) is 31.9 Å². The van der Waals surface area contributed by atoms with Gasteiger partial charge in [-0.3, -0.25) is 9.59 Å². The van der Waals surface area contributed by atoms with Crippen molar-refractivity contribution in [2.75, 3.05) is 7.11 Å². The van der Waals surface area contributed by atoms with Gasteiger partial charge in [0.05, 0.1) is 31.5 Å². The normalized spacial score (nSPS) is 12.0. The van der Waals surface area contributed by atoms with Crippen molar-refractivity contribution < 1.29 is 19.4 Å². The van der Waals surface area contributed by atoms with Gasteiger partial charge in [-0.2, -0.15) is 0 Å². The van der Waals surface area contributed by atoms with Gasteiger partial charge >= 0.3 is 0 Å². The smallest absolute Gasteiger partial charge is 0.225 e. The summed E-state index contributed by atoms with van der Waals surface area (Å²) in [4.78, 5) is 36.2. The number of unbranched alkanes of at least 4 members (excludes halogenated alkanes) is 2. The van der Waals surface area contributed by atoms with Gasteiger partial charge in [0.2, 0.25) is 5.91 Å². The molecule has 0 saturated heterocycles. The molecule has 1 amide bonds. The summed E-state index contributed by atoms with van der Waals surface area (Å²) in [6.07, 6.45) is 6.41. The fourth-order valence-electron chi connectivity index (χ4n) is 4.76. The second kappa shape index (κ2) is 12.4. The number of rotatable bonds is 13. The van der Waals surface area contributed by atoms with E-state index in [9.17, 15) is 14.7 Å². The summed E-state index contributed by atoms with van der Waals surface area (Å²) >= 11 is 0. The maximum Gasteiger partial charge on any atom is 0.225 e. The fraction of sp³-hybridized carbons (Fsp3) is 0.367. The first-order valence-electron chi connectivity index (χ1n) is 13.2. The molecule has 4 aromatic rings. The van der Waals surface area contributed by atoms with Crippen molar-refractivity contribution in [1.82, 2.24) is 20.3 Å². The number of phenols is 1. The largest absolute Gasteiger partial charge is 0.508 e. The highest BCUT2D eigenvalue weighted by Crippen LogP contribution is 2.28. The summed E-state index contributed by atoms with van der Waals surface area (Å²) in [6.45, 7) is 3.86. The molecule has 8 heteroatoms. The number of aryl methyl sites for hydroxylation is 1. The molecule has 38 heavy (non-hydrogen) atoms. The highest BCUT2D eigenvalue weighted by Gasteiger charge is 2.20. The van der Waals surface area contributed by atoms with E-state index in [4.69, 9.17) is 4.74 Å². The first kappa shape index (κ1) is 27.0. The number of aromatic nitrogens is 3. The molecule has 0 unspecified atom stereocenters. The molecule has 0 saturated carbocycles. The standard InChI is InChI=1S/C30H36N4O4/c1-4-21(35)10-6-5-7-12-27(30-31-18-28(34-30)20-9-8-11-22(36)15-20)33-29(37)17-24-19(2)32-26-14-13-23(38-3)16-25(24)26/h8-9,11,13-16,18,27,32,36H,4-7,10,12,17H2,1-3H3,(H,31,34)(H,33,37)/t27-/m0/s1. The molecule has 0 aliphatic carbocycles. The Bertz CT molecular complexity index is 1400. The van der Waals surface area contributed by atoms with Gasteiger partial charge < -0.3 is 25.1 Å². The summed E-state index contributed by atoms with van der Waals surface area (Å²) in [5, 5.41) is 14.0. The number of nitrogens with one attached hydrogen (secondary N) is 3. The average molecular weight is 517 g/mol. The molecule has 1 atom stereocenters. The molecular formula is C30H36N4O4. The topological polar surface area (TPSA) is 120 Å². The van der Waals surface area contributed by atoms with E-state index in [1.165, 1.54) is 0 Å². The number of aromatic hydroxyl groups is 1. The SMILES string of the molecule is CCC(=O)CCCCC[C@H](NC(=O)Cc1c(C)[nH]c2ccc(OC)cc12)c1ncc(-c2cccc(O)c2)[nH]1. The Hall–Kier alpha value is -4.07. The predicted octanol–water partition coefficient (Wildman–Crippen LogP) is 5.91. The number of amides is 1. The number of H-pyrrole nitrogens is 2. The second-order valence-corrected chi connectivity index (χ2v) is 9.66. The molecule has 0 spiro atoms. The molecule has 2 aromatic heterocycles. The number of aromatic amines is 2. The Balaban J connectivity index is 1.50. The van der Waals surface area contributed by atoms with Crippen molar-refractivity contribution in [3.63, 3.8) is 0 Å². The number of imidazole rings is 1. The Kier molecular flexibility index (Phi) is 8.84. The molecule has 0 radical (unpaired) electrons. The zero-order chi connectivity index (χ0) is 27.1. The van der Waals surface area contributed by atoms with Gasteiger partial charge in [-0.15, -0.1) is 0 Å². The van der Waals surface area contributed by atoms with Gasteiger partial charge in [-0.25, -0.2) is 4.98 Å². The molecule has 8 nitrogen and oxygen atoms in total. The minimum Gasteiger partial charge on any atom is -0.508 e. The summed E-state index contributed by atoms with van der Waals surface area (Å²) < 4.78 is 5.38. The number of carbonyl (C=O) groups is 2. The number of hydrogen-bond acceptors (Lipinski definition) is 5. The number of ether oxygens (including phenoxy) is 1. The molecule has 0 aliphatic rings. The Morgan fingerprint density at radius 3 is 2.71 bits per heavy atom. The van der Waals surface area contributed by atoms with Crippen molar-refractivity contribution in [1.29, 1.82) is 0 Å². The van der Waals surface area contributed by atoms with Crippen molar-refractivity contribution in [3.05, 3.63) is 65.7 Å². The quantitative estimate of drug-likeness (QED) is 0.165. The van der Waals surface area contributed by atoms with Crippen LogP contribution in [-0.2, 0) is 16.0 Å². The summed E-state index contributed by atoms with van der Waals surface area (Å²) in [5.41, 5.74) is 4.43. The molecule has 4 N–H and O–H groups in total. The van der Waals surface area contributed by atoms with E-state index in [1.54, 1.807) is 31.5 Å². The second-order valence-electron chi connectivity index (χ2n) is 9.66. The number of ketones is 1. The van der Waals surface area contributed by atoms with Crippen LogP contribution in [0.15, 0.2) is 48.7 Å². The number of nitrogens with zero attached hydrogens (tertiary/aromatic N) is 1. The maximum absolute atomic E-state index is 13.3. The van der Waals surface area contributed by atoms with Gasteiger partial charge in [0.25, 0.3) is 0 Å². The molecule has 2 heterocycles. The Morgan fingerprint density at radius 2 is 1.95 bits per heavy atom. The minimum atomic E-state index is -0.310. The minimum absolute atomic E-state index is 0.0988. The van der Waals surface area contributed by atoms with Crippen LogP contribution < -0.4 is 10.1 Å². The van der Waals surface area contributed by atoms with Crippen LogP contribution in [0.5, 0.6) is 11.5 Å². The van der Waals surface area contributed by atoms with Crippen LogP contribution in [0.3, 0.4) is 0 Å². The van der Waals surface area contributed by atoms with E-state index in [2.05, 4.69) is 20.3 Å². The number of benzene rings is 2. The van der Waals surface area contributed by atoms with Crippen molar-refractivity contribution >= 4 is 22.6 Å². The number of hydrogen-bond donors (Lipinski definition) is 4. The molecule has 0 aliphatic heterocycles. The van der Waals surface area contributed by atoms with Crippen LogP contribution in [0.2, 0.25) is 0 Å². The molecular weight excluding hydrogens is 480 g/mol. The predicted molar refractivity (Wildman–Crippen MR) is 148 cm³/mol. The fourth-order valence-corrected chi connectivity index (χ4v) is 4.76. The lowest BCUT2D eigenvalue weighted by Gasteiger charge is -2.17. The van der Waals surface area contributed by atoms with Gasteiger partial charge in [0.15, 0.2) is 0 Å². The molecule has 0 fully saturated rings. The van der Waals surface area contributed by atoms with E-state index in [-0.39, 0.29) is 29.9 Å². The maximum atomic E-state index is 13.3. The van der Waals surface area contributed by atoms with Crippen LogP contribution >= 0.6 is 0 Å². The Labute approximate surface area is 222 Å². The van der Waals surface area contributed by atoms with Crippen LogP contribution in [0, 0.1) is 6.92 Å². The van der Waals surface area contributed by atoms with Gasteiger partial charge in [0.1, 0.15) is 23.1 Å². The summed E-state index contributed by atoms with van der Waals surface area (Å²) in [7, 11) is 1.63. The first-order valence-corrected chi connectivity index (χ1v) is 13.2. The lowest BCUT2D eigenvalue weighted by Crippen LogP contribution is -2.30. The number of carbonyl (C=O) groups excluding carboxylic acids is 2. The van der Waals surface area contributed by atoms with E-state index < -0.39 is 0 Å². The van der Waals surface area contributed by atoms with E-state index in [0.717, 1.165) is 58.4 Å². The molecule has 2 aromatic carbocycles. The highest BCUT2D eigenvalue weighted by atomic mass is 16.5. The van der Waals surface area contributed by atoms with Crippen LogP contribution in [0.1, 0.15) is 68.6 Å². The third-order valence-corrected chi connectivity index (χ3v) is 6.92. The van der Waals surface area contributed by atoms with Crippen LogP contribution in [0.25, 0.3) is 22.2 Å². The van der Waals surface area contributed by atoms with Gasteiger partial charge in [-0.05, 0) is 55.7 Å². The van der Waals surface area contributed by atoms with Crippen molar-refractivity contribution in [2.45, 2.75) is 64.8 Å². The van der Waals surface area contributed by atoms with E-state index >= 15 is 0 Å². The Morgan fingerprint density at radius 1 is 1.11 bits per heavy atom. The molecule has 200 valence electrons. The average Bonchev–Trinajstić information content (AvgIpc) is 3.52. The van der Waals surface area contributed by atoms with Crippen molar-refractivity contribution in [2.24, 2.45) is 0 Å². The molecule has 4 rings (SSSR count). The third kappa shape index (κ3) is 6.62. The summed E-state index contributed by atoms with van der Waals surface area (Å²) in [6, 6.07) is 12.5. The van der Waals surface area contributed by atoms with Crippen molar-refractivity contribution in [3.8, 4) is 22.8 Å². The number of fused-ring (bicyclic) bond motifs is 1. The van der Waals surface area contributed by atoms with E-state index in [1.807, 2.05) is 38.1 Å². The van der Waals surface area contributed by atoms with Gasteiger partial charge in [0, 0.05) is 35.0 Å². The highest BCUT2D eigenvalue weighted by molar-refractivity contribution is 5.91. The van der Waals surface area contributed by atoms with Crippen LogP contribution in [-0.4, -0.2) is 38.9 Å². The zero-order valence-electron chi connectivity index (χ0n) is 22.3. The lowest BCUT2D eigenvalue weighted by atomic mass is 10.0. The number of methoxy groups -OCH3 is 1. The first-order chi connectivity index (χ1) is 18.4. The number of Topliss-reactive ketones (excluding diaryl/α,β-unsaturated/α-hetero) is 1. The van der Waals surface area contributed by atoms with Crippen LogP contribution in [0.4, 0.5) is 0 Å². The lowest BCUT2D eigenvalue weighted by molar-refractivity contribution is -0.121. The molecule has 0 bridgehead atoms. The number of phenolic OH excluding ortho intramolecular Hbond substituents is 1. The zero-order valence-corrected chi connectivity index (χ0v) is 22.3.